The SMILES string of the molecule is CC(C)(O)C(C)(O)Cc1ccc(NS(=O)(=O)c2ccccc2F)c(F)c1.OB(O)O. The molecule has 0 heterocycles. The van der Waals surface area contributed by atoms with Gasteiger partial charge in [-0.05, 0) is 50.6 Å². The summed E-state index contributed by atoms with van der Waals surface area (Å²) in [5.74, 6) is -1.83. The normalized spacial score (nSPS) is 13.7. The van der Waals surface area contributed by atoms with E-state index in [-0.39, 0.29) is 12.1 Å². The topological polar surface area (TPSA) is 147 Å². The van der Waals surface area contributed by atoms with Crippen LogP contribution in [-0.4, -0.2) is 52.2 Å². The van der Waals surface area contributed by atoms with Crippen LogP contribution in [0.1, 0.15) is 26.3 Å². The fourth-order valence-corrected chi connectivity index (χ4v) is 3.38. The molecule has 0 saturated heterocycles. The summed E-state index contributed by atoms with van der Waals surface area (Å²) < 4.78 is 54.5. The van der Waals surface area contributed by atoms with Gasteiger partial charge >= 0.3 is 7.32 Å². The first-order chi connectivity index (χ1) is 13.6. The molecule has 0 aliphatic carbocycles. The van der Waals surface area contributed by atoms with Crippen molar-refractivity contribution in [3.63, 3.8) is 0 Å². The lowest BCUT2D eigenvalue weighted by molar-refractivity contribution is -0.118. The van der Waals surface area contributed by atoms with Crippen molar-refractivity contribution in [3.8, 4) is 0 Å². The standard InChI is InChI=1S/C18H21F2NO4S.BH3O3/c1-17(2,22)18(3,23)11-12-8-9-15(14(20)10-12)21-26(24,25)16-7-5-4-6-13(16)19;2-1(3)4/h4-10,21-23H,11H2,1-3H3;2-4H. The molecule has 8 nitrogen and oxygen atoms in total. The van der Waals surface area contributed by atoms with E-state index in [4.69, 9.17) is 15.1 Å². The predicted octanol–water partition coefficient (Wildman–Crippen LogP) is 0.778. The summed E-state index contributed by atoms with van der Waals surface area (Å²) in [5.41, 5.74) is -2.93. The van der Waals surface area contributed by atoms with Gasteiger partial charge in [0.25, 0.3) is 10.0 Å². The predicted molar refractivity (Wildman–Crippen MR) is 107 cm³/mol. The lowest BCUT2D eigenvalue weighted by Crippen LogP contribution is -2.49. The summed E-state index contributed by atoms with van der Waals surface area (Å²) in [6.07, 6.45) is -0.0479. The first-order valence-electron chi connectivity index (χ1n) is 8.61. The van der Waals surface area contributed by atoms with Gasteiger partial charge in [-0.1, -0.05) is 18.2 Å². The van der Waals surface area contributed by atoms with Gasteiger partial charge in [-0.25, -0.2) is 17.2 Å². The highest BCUT2D eigenvalue weighted by Gasteiger charge is 2.37. The number of hydrogen-bond donors (Lipinski definition) is 6. The smallest absolute Gasteiger partial charge is 0.402 e. The largest absolute Gasteiger partial charge is 0.631 e. The Balaban J connectivity index is 0.00000103. The zero-order valence-electron chi connectivity index (χ0n) is 16.5. The van der Waals surface area contributed by atoms with Gasteiger partial charge in [0.15, 0.2) is 0 Å². The van der Waals surface area contributed by atoms with E-state index in [1.807, 2.05) is 4.72 Å². The first kappa shape index (κ1) is 26.0. The molecule has 0 spiro atoms. The van der Waals surface area contributed by atoms with E-state index in [0.717, 1.165) is 18.2 Å². The Morgan fingerprint density at radius 1 is 0.967 bits per heavy atom. The third-order valence-corrected chi connectivity index (χ3v) is 5.67. The van der Waals surface area contributed by atoms with Gasteiger partial charge in [-0.2, -0.15) is 0 Å². The Kier molecular flexibility index (Phi) is 8.49. The number of hydrogen-bond acceptors (Lipinski definition) is 7. The van der Waals surface area contributed by atoms with Crippen molar-refractivity contribution in [1.29, 1.82) is 0 Å². The van der Waals surface area contributed by atoms with Gasteiger partial charge in [0.2, 0.25) is 0 Å². The molecule has 1 atom stereocenters. The highest BCUT2D eigenvalue weighted by atomic mass is 32.2. The number of sulfonamides is 1. The number of halogens is 2. The maximum absolute atomic E-state index is 14.3. The van der Waals surface area contributed by atoms with E-state index >= 15 is 0 Å². The molecular formula is C18H24BF2NO7S. The summed E-state index contributed by atoms with van der Waals surface area (Å²) in [6.45, 7) is 4.28. The van der Waals surface area contributed by atoms with Crippen molar-refractivity contribution in [3.05, 3.63) is 59.7 Å². The minimum absolute atomic E-state index is 0.0479. The van der Waals surface area contributed by atoms with Crippen molar-refractivity contribution in [1.82, 2.24) is 0 Å². The van der Waals surface area contributed by atoms with Crippen LogP contribution in [-0.2, 0) is 16.4 Å². The van der Waals surface area contributed by atoms with Crippen molar-refractivity contribution >= 4 is 23.0 Å². The van der Waals surface area contributed by atoms with Crippen molar-refractivity contribution in [2.75, 3.05) is 4.72 Å². The number of nitrogens with one attached hydrogen (secondary N) is 1. The molecule has 0 aromatic heterocycles. The third kappa shape index (κ3) is 7.31. The molecule has 0 saturated carbocycles. The number of rotatable bonds is 6. The average molecular weight is 447 g/mol. The van der Waals surface area contributed by atoms with Gasteiger partial charge < -0.3 is 25.3 Å². The summed E-state index contributed by atoms with van der Waals surface area (Å²) in [5, 5.41) is 41.8. The maximum atomic E-state index is 14.3. The Labute approximate surface area is 173 Å². The van der Waals surface area contributed by atoms with E-state index in [0.29, 0.717) is 5.56 Å². The molecule has 166 valence electrons. The van der Waals surface area contributed by atoms with Crippen LogP contribution in [0, 0.1) is 11.6 Å². The molecule has 2 aromatic rings. The van der Waals surface area contributed by atoms with Crippen LogP contribution in [0.4, 0.5) is 14.5 Å². The molecule has 2 aromatic carbocycles. The Bertz CT molecular complexity index is 960. The average Bonchev–Trinajstić information content (AvgIpc) is 2.55. The second-order valence-corrected chi connectivity index (χ2v) is 8.86. The fourth-order valence-electron chi connectivity index (χ4n) is 2.23. The zero-order valence-corrected chi connectivity index (χ0v) is 17.4. The zero-order chi connectivity index (χ0) is 23.3. The highest BCUT2D eigenvalue weighted by molar-refractivity contribution is 7.92. The van der Waals surface area contributed by atoms with Crippen LogP contribution in [0.3, 0.4) is 0 Å². The molecule has 12 heteroatoms. The second-order valence-electron chi connectivity index (χ2n) is 7.21. The van der Waals surface area contributed by atoms with Crippen molar-refractivity contribution in [2.45, 2.75) is 43.3 Å². The maximum Gasteiger partial charge on any atom is 0.631 e. The van der Waals surface area contributed by atoms with Crippen molar-refractivity contribution < 1.29 is 42.5 Å². The quantitative estimate of drug-likeness (QED) is 0.359. The van der Waals surface area contributed by atoms with Crippen LogP contribution in [0.25, 0.3) is 0 Å². The molecule has 6 N–H and O–H groups in total. The van der Waals surface area contributed by atoms with E-state index in [1.54, 1.807) is 0 Å². The third-order valence-electron chi connectivity index (χ3n) is 4.27. The fraction of sp³-hybridized carbons (Fsp3) is 0.333. The van der Waals surface area contributed by atoms with Crippen LogP contribution in [0.15, 0.2) is 47.4 Å². The molecule has 2 rings (SSSR count). The van der Waals surface area contributed by atoms with E-state index in [1.165, 1.54) is 45.0 Å². The Morgan fingerprint density at radius 2 is 1.50 bits per heavy atom. The molecule has 1 unspecified atom stereocenters. The van der Waals surface area contributed by atoms with Gasteiger partial charge in [0.05, 0.1) is 16.9 Å². The van der Waals surface area contributed by atoms with E-state index in [2.05, 4.69) is 0 Å². The molecule has 0 aliphatic heterocycles. The van der Waals surface area contributed by atoms with Crippen LogP contribution in [0.5, 0.6) is 0 Å². The van der Waals surface area contributed by atoms with Crippen molar-refractivity contribution in [2.24, 2.45) is 0 Å². The monoisotopic (exact) mass is 447 g/mol. The van der Waals surface area contributed by atoms with Gasteiger partial charge in [0, 0.05) is 6.42 Å². The Morgan fingerprint density at radius 3 is 1.97 bits per heavy atom. The lowest BCUT2D eigenvalue weighted by Gasteiger charge is -2.35. The molecule has 0 aliphatic rings. The molecule has 0 amide bonds. The summed E-state index contributed by atoms with van der Waals surface area (Å²) in [6, 6.07) is 8.43. The van der Waals surface area contributed by atoms with Crippen LogP contribution < -0.4 is 4.72 Å². The summed E-state index contributed by atoms with van der Waals surface area (Å²) in [7, 11) is -6.46. The van der Waals surface area contributed by atoms with Gasteiger partial charge in [-0.3, -0.25) is 4.72 Å². The first-order valence-corrected chi connectivity index (χ1v) is 10.1. The second kappa shape index (κ2) is 9.81. The lowest BCUT2D eigenvalue weighted by atomic mass is 9.82. The number of aliphatic hydroxyl groups is 2. The van der Waals surface area contributed by atoms with Crippen LogP contribution in [0.2, 0.25) is 0 Å². The molecule has 0 fully saturated rings. The molecule has 0 bridgehead atoms. The van der Waals surface area contributed by atoms with Gasteiger partial charge in [0.1, 0.15) is 16.5 Å². The summed E-state index contributed by atoms with van der Waals surface area (Å²) in [4.78, 5) is -0.589. The van der Waals surface area contributed by atoms with Gasteiger partial charge in [-0.15, -0.1) is 0 Å². The number of benzene rings is 2. The van der Waals surface area contributed by atoms with E-state index < -0.39 is 45.1 Å². The Hall–Kier alpha value is -2.09. The molecule has 30 heavy (non-hydrogen) atoms. The molecule has 0 radical (unpaired) electrons. The van der Waals surface area contributed by atoms with Crippen LogP contribution >= 0.6 is 0 Å². The minimum atomic E-state index is -4.29. The minimum Gasteiger partial charge on any atom is -0.402 e. The van der Waals surface area contributed by atoms with E-state index in [9.17, 15) is 27.4 Å². The highest BCUT2D eigenvalue weighted by Crippen LogP contribution is 2.28. The molecular weight excluding hydrogens is 423 g/mol. The summed E-state index contributed by atoms with van der Waals surface area (Å²) >= 11 is 0. The number of anilines is 1.